The van der Waals surface area contributed by atoms with Crippen molar-refractivity contribution in [1.29, 1.82) is 0 Å². The van der Waals surface area contributed by atoms with Gasteiger partial charge in [-0.05, 0) is 20.4 Å². The first-order valence-electron chi connectivity index (χ1n) is 3.85. The Kier molecular flexibility index (Phi) is 4.81. The predicted octanol–water partition coefficient (Wildman–Crippen LogP) is -0.293. The van der Waals surface area contributed by atoms with E-state index in [9.17, 15) is 4.79 Å². The largest absolute Gasteiger partial charge is 0.293 e. The molecule has 0 aliphatic rings. The van der Waals surface area contributed by atoms with E-state index in [1.165, 1.54) is 0 Å². The van der Waals surface area contributed by atoms with Crippen LogP contribution >= 0.6 is 0 Å². The molecule has 0 bridgehead atoms. The number of amides is 1. The molecular formula is C7H17N3O. The minimum Gasteiger partial charge on any atom is -0.293 e. The number of hydrogen-bond donors (Lipinski definition) is 2. The zero-order valence-corrected chi connectivity index (χ0v) is 7.42. The molecule has 0 spiro atoms. The number of likely N-dealkylation sites (N-methyl/N-ethyl adjacent to an activating group) is 1. The second-order valence-corrected chi connectivity index (χ2v) is 2.72. The van der Waals surface area contributed by atoms with Crippen LogP contribution in [0.3, 0.4) is 0 Å². The number of nitrogens with two attached hydrogens (primary N) is 1. The van der Waals surface area contributed by atoms with Gasteiger partial charge in [0.2, 0.25) is 5.91 Å². The van der Waals surface area contributed by atoms with Gasteiger partial charge in [0.05, 0.1) is 6.54 Å². The van der Waals surface area contributed by atoms with E-state index in [1.807, 2.05) is 25.7 Å². The summed E-state index contributed by atoms with van der Waals surface area (Å²) >= 11 is 0. The molecule has 4 nitrogen and oxygen atoms in total. The van der Waals surface area contributed by atoms with Crippen molar-refractivity contribution in [2.24, 2.45) is 5.84 Å². The summed E-state index contributed by atoms with van der Waals surface area (Å²) < 4.78 is 0. The maximum Gasteiger partial charge on any atom is 0.248 e. The van der Waals surface area contributed by atoms with Crippen LogP contribution in [0.5, 0.6) is 0 Å². The smallest absolute Gasteiger partial charge is 0.248 e. The van der Waals surface area contributed by atoms with E-state index in [0.29, 0.717) is 12.6 Å². The molecule has 66 valence electrons. The topological polar surface area (TPSA) is 58.4 Å². The number of carbonyl (C=O) groups excluding carboxylic acids is 1. The summed E-state index contributed by atoms with van der Waals surface area (Å²) in [5.74, 6) is 4.81. The van der Waals surface area contributed by atoms with Gasteiger partial charge in [-0.3, -0.25) is 15.1 Å². The molecule has 4 heteroatoms. The molecule has 0 aliphatic heterocycles. The van der Waals surface area contributed by atoms with E-state index in [0.717, 1.165) is 6.54 Å². The van der Waals surface area contributed by atoms with Gasteiger partial charge in [-0.25, -0.2) is 5.84 Å². The fraction of sp³-hybridized carbons (Fsp3) is 0.857. The van der Waals surface area contributed by atoms with E-state index < -0.39 is 0 Å². The minimum absolute atomic E-state index is 0.138. The Bertz CT molecular complexity index is 125. The Hall–Kier alpha value is -0.610. The van der Waals surface area contributed by atoms with Crippen LogP contribution in [-0.2, 0) is 4.79 Å². The molecular weight excluding hydrogens is 142 g/mol. The molecule has 0 aliphatic carbocycles. The number of nitrogens with zero attached hydrogens (tertiary/aromatic N) is 1. The van der Waals surface area contributed by atoms with Crippen molar-refractivity contribution in [2.45, 2.75) is 26.8 Å². The summed E-state index contributed by atoms with van der Waals surface area (Å²) in [6.45, 7) is 7.36. The number of nitrogens with one attached hydrogen (secondary N) is 1. The SMILES string of the molecule is CCN(CC(=O)NN)C(C)C. The highest BCUT2D eigenvalue weighted by atomic mass is 16.2. The Morgan fingerprint density at radius 3 is 2.45 bits per heavy atom. The van der Waals surface area contributed by atoms with Crippen molar-refractivity contribution in [2.75, 3.05) is 13.1 Å². The lowest BCUT2D eigenvalue weighted by Gasteiger charge is -2.23. The number of hydrogen-bond acceptors (Lipinski definition) is 3. The standard InChI is InChI=1S/C7H17N3O/c1-4-10(6(2)3)5-7(11)9-8/h6H,4-5,8H2,1-3H3,(H,9,11). The predicted molar refractivity (Wildman–Crippen MR) is 44.7 cm³/mol. The summed E-state index contributed by atoms with van der Waals surface area (Å²) in [6, 6.07) is 0.386. The molecule has 0 saturated carbocycles. The highest BCUT2D eigenvalue weighted by Crippen LogP contribution is 1.95. The van der Waals surface area contributed by atoms with Gasteiger partial charge in [0.25, 0.3) is 0 Å². The number of carbonyl (C=O) groups is 1. The molecule has 0 atom stereocenters. The van der Waals surface area contributed by atoms with E-state index in [4.69, 9.17) is 5.84 Å². The molecule has 0 heterocycles. The van der Waals surface area contributed by atoms with Crippen molar-refractivity contribution < 1.29 is 4.79 Å². The molecule has 0 unspecified atom stereocenters. The zero-order chi connectivity index (χ0) is 8.85. The average molecular weight is 159 g/mol. The maximum atomic E-state index is 10.8. The summed E-state index contributed by atoms with van der Waals surface area (Å²) in [7, 11) is 0. The van der Waals surface area contributed by atoms with Crippen molar-refractivity contribution in [1.82, 2.24) is 10.3 Å². The molecule has 0 aromatic heterocycles. The molecule has 3 N–H and O–H groups in total. The Morgan fingerprint density at radius 2 is 2.18 bits per heavy atom. The van der Waals surface area contributed by atoms with Gasteiger partial charge in [-0.2, -0.15) is 0 Å². The van der Waals surface area contributed by atoms with Gasteiger partial charge in [-0.15, -0.1) is 0 Å². The summed E-state index contributed by atoms with van der Waals surface area (Å²) in [4.78, 5) is 12.8. The van der Waals surface area contributed by atoms with Crippen LogP contribution in [0.4, 0.5) is 0 Å². The minimum atomic E-state index is -0.138. The summed E-state index contributed by atoms with van der Waals surface area (Å²) in [6.07, 6.45) is 0. The summed E-state index contributed by atoms with van der Waals surface area (Å²) in [5.41, 5.74) is 2.10. The molecule has 11 heavy (non-hydrogen) atoms. The highest BCUT2D eigenvalue weighted by Gasteiger charge is 2.09. The fourth-order valence-corrected chi connectivity index (χ4v) is 0.890. The van der Waals surface area contributed by atoms with Gasteiger partial charge >= 0.3 is 0 Å². The maximum absolute atomic E-state index is 10.8. The van der Waals surface area contributed by atoms with Crippen LogP contribution in [-0.4, -0.2) is 29.9 Å². The first-order chi connectivity index (χ1) is 5.11. The first-order valence-corrected chi connectivity index (χ1v) is 3.85. The van der Waals surface area contributed by atoms with Gasteiger partial charge in [0.15, 0.2) is 0 Å². The molecule has 0 aromatic carbocycles. The molecule has 0 saturated heterocycles. The molecule has 0 fully saturated rings. The van der Waals surface area contributed by atoms with Crippen molar-refractivity contribution >= 4 is 5.91 Å². The van der Waals surface area contributed by atoms with Crippen LogP contribution in [0.2, 0.25) is 0 Å². The van der Waals surface area contributed by atoms with Gasteiger partial charge in [0, 0.05) is 6.04 Å². The lowest BCUT2D eigenvalue weighted by Crippen LogP contribution is -2.42. The Balaban J connectivity index is 3.78. The number of hydrazine groups is 1. The van der Waals surface area contributed by atoms with Crippen LogP contribution in [0, 0.1) is 0 Å². The second-order valence-electron chi connectivity index (χ2n) is 2.72. The van der Waals surface area contributed by atoms with Crippen LogP contribution in [0.15, 0.2) is 0 Å². The zero-order valence-electron chi connectivity index (χ0n) is 7.42. The molecule has 0 rings (SSSR count). The quantitative estimate of drug-likeness (QED) is 0.336. The van der Waals surface area contributed by atoms with Crippen LogP contribution < -0.4 is 11.3 Å². The van der Waals surface area contributed by atoms with Gasteiger partial charge < -0.3 is 0 Å². The van der Waals surface area contributed by atoms with Crippen LogP contribution in [0.1, 0.15) is 20.8 Å². The first kappa shape index (κ1) is 10.4. The van der Waals surface area contributed by atoms with E-state index in [1.54, 1.807) is 0 Å². The van der Waals surface area contributed by atoms with Crippen molar-refractivity contribution in [3.8, 4) is 0 Å². The van der Waals surface area contributed by atoms with E-state index >= 15 is 0 Å². The monoisotopic (exact) mass is 159 g/mol. The third-order valence-corrected chi connectivity index (χ3v) is 1.64. The number of rotatable bonds is 4. The normalized spacial score (nSPS) is 10.7. The van der Waals surface area contributed by atoms with Crippen molar-refractivity contribution in [3.05, 3.63) is 0 Å². The van der Waals surface area contributed by atoms with Crippen LogP contribution in [0.25, 0.3) is 0 Å². The van der Waals surface area contributed by atoms with Crippen molar-refractivity contribution in [3.63, 3.8) is 0 Å². The molecule has 0 radical (unpaired) electrons. The third-order valence-electron chi connectivity index (χ3n) is 1.64. The highest BCUT2D eigenvalue weighted by molar-refractivity contribution is 5.77. The van der Waals surface area contributed by atoms with E-state index in [2.05, 4.69) is 5.43 Å². The lowest BCUT2D eigenvalue weighted by molar-refractivity contribution is -0.122. The lowest BCUT2D eigenvalue weighted by atomic mass is 10.3. The van der Waals surface area contributed by atoms with E-state index in [-0.39, 0.29) is 5.91 Å². The molecule has 1 amide bonds. The second kappa shape index (κ2) is 5.09. The third kappa shape index (κ3) is 3.95. The Morgan fingerprint density at radius 1 is 1.64 bits per heavy atom. The van der Waals surface area contributed by atoms with Gasteiger partial charge in [0.1, 0.15) is 0 Å². The van der Waals surface area contributed by atoms with Gasteiger partial charge in [-0.1, -0.05) is 6.92 Å². The summed E-state index contributed by atoms with van der Waals surface area (Å²) in [5, 5.41) is 0. The average Bonchev–Trinajstić information content (AvgIpc) is 1.99. The molecule has 0 aromatic rings. The Labute approximate surface area is 67.7 Å². The fourth-order valence-electron chi connectivity index (χ4n) is 0.890.